The zero-order valence-electron chi connectivity index (χ0n) is 11.4. The summed E-state index contributed by atoms with van der Waals surface area (Å²) in [5.41, 5.74) is 2.40. The van der Waals surface area contributed by atoms with Crippen molar-refractivity contribution < 1.29 is 9.90 Å². The number of nitrogens with one attached hydrogen (secondary N) is 1. The first-order valence-corrected chi connectivity index (χ1v) is 7.62. The molecule has 0 unspecified atom stereocenters. The average molecular weight is 290 g/mol. The van der Waals surface area contributed by atoms with E-state index in [2.05, 4.69) is 34.1 Å². The van der Waals surface area contributed by atoms with Gasteiger partial charge in [0.15, 0.2) is 0 Å². The summed E-state index contributed by atoms with van der Waals surface area (Å²) in [4.78, 5) is 15.6. The molecule has 20 heavy (non-hydrogen) atoms. The van der Waals surface area contributed by atoms with Crippen LogP contribution in [0.15, 0.2) is 29.0 Å². The molecule has 2 aromatic heterocycles. The average Bonchev–Trinajstić information content (AvgIpc) is 2.92. The summed E-state index contributed by atoms with van der Waals surface area (Å²) in [6, 6.07) is 5.33. The number of pyridine rings is 1. The van der Waals surface area contributed by atoms with Crippen LogP contribution < -0.4 is 5.32 Å². The van der Waals surface area contributed by atoms with Crippen molar-refractivity contribution in [1.82, 2.24) is 4.98 Å². The maximum atomic E-state index is 11.1. The van der Waals surface area contributed by atoms with Gasteiger partial charge in [-0.1, -0.05) is 13.3 Å². The molecule has 0 aliphatic heterocycles. The molecule has 0 saturated heterocycles. The number of hydrogen-bond acceptors (Lipinski definition) is 4. The molecule has 0 spiro atoms. The Kier molecular flexibility index (Phi) is 5.12. The SMILES string of the molecule is CCCc1cc(C(=O)O)cc(NCCc2ccsc2)n1. The minimum absolute atomic E-state index is 0.293. The molecular weight excluding hydrogens is 272 g/mol. The molecule has 0 aromatic carbocycles. The molecule has 0 radical (unpaired) electrons. The van der Waals surface area contributed by atoms with Crippen LogP contribution in [0, 0.1) is 0 Å². The second kappa shape index (κ2) is 7.05. The fraction of sp³-hybridized carbons (Fsp3) is 0.333. The molecule has 0 bridgehead atoms. The van der Waals surface area contributed by atoms with Gasteiger partial charge in [-0.05, 0) is 47.4 Å². The highest BCUT2D eigenvalue weighted by molar-refractivity contribution is 7.07. The zero-order chi connectivity index (χ0) is 14.4. The lowest BCUT2D eigenvalue weighted by Gasteiger charge is -2.08. The molecular formula is C15H18N2O2S. The van der Waals surface area contributed by atoms with Gasteiger partial charge < -0.3 is 10.4 Å². The van der Waals surface area contributed by atoms with Crippen LogP contribution in [0.4, 0.5) is 5.82 Å². The molecule has 4 nitrogen and oxygen atoms in total. The third kappa shape index (κ3) is 4.06. The number of rotatable bonds is 7. The molecule has 0 amide bonds. The van der Waals surface area contributed by atoms with E-state index in [1.165, 1.54) is 5.56 Å². The van der Waals surface area contributed by atoms with E-state index in [4.69, 9.17) is 5.11 Å². The van der Waals surface area contributed by atoms with Crippen LogP contribution in [-0.4, -0.2) is 22.6 Å². The highest BCUT2D eigenvalue weighted by atomic mass is 32.1. The number of hydrogen-bond donors (Lipinski definition) is 2. The molecule has 106 valence electrons. The van der Waals surface area contributed by atoms with Crippen LogP contribution in [0.25, 0.3) is 0 Å². The summed E-state index contributed by atoms with van der Waals surface area (Å²) in [7, 11) is 0. The molecule has 2 heterocycles. The molecule has 0 fully saturated rings. The van der Waals surface area contributed by atoms with Crippen LogP contribution in [-0.2, 0) is 12.8 Å². The lowest BCUT2D eigenvalue weighted by atomic mass is 10.1. The van der Waals surface area contributed by atoms with Crippen LogP contribution >= 0.6 is 11.3 Å². The molecule has 0 aliphatic rings. The van der Waals surface area contributed by atoms with Gasteiger partial charge in [-0.15, -0.1) is 0 Å². The number of aromatic carboxylic acids is 1. The van der Waals surface area contributed by atoms with Crippen LogP contribution in [0.5, 0.6) is 0 Å². The van der Waals surface area contributed by atoms with Gasteiger partial charge in [-0.25, -0.2) is 9.78 Å². The molecule has 0 atom stereocenters. The lowest BCUT2D eigenvalue weighted by molar-refractivity contribution is 0.0696. The van der Waals surface area contributed by atoms with E-state index >= 15 is 0 Å². The first-order chi connectivity index (χ1) is 9.69. The van der Waals surface area contributed by atoms with Gasteiger partial charge in [-0.2, -0.15) is 11.3 Å². The summed E-state index contributed by atoms with van der Waals surface area (Å²) >= 11 is 1.68. The Morgan fingerprint density at radius 2 is 2.25 bits per heavy atom. The van der Waals surface area contributed by atoms with Crippen molar-refractivity contribution in [1.29, 1.82) is 0 Å². The topological polar surface area (TPSA) is 62.2 Å². The number of aryl methyl sites for hydroxylation is 1. The van der Waals surface area contributed by atoms with Crippen molar-refractivity contribution in [2.45, 2.75) is 26.2 Å². The molecule has 2 N–H and O–H groups in total. The van der Waals surface area contributed by atoms with Gasteiger partial charge in [0.2, 0.25) is 0 Å². The van der Waals surface area contributed by atoms with Crippen LogP contribution in [0.3, 0.4) is 0 Å². The van der Waals surface area contributed by atoms with Crippen LogP contribution in [0.2, 0.25) is 0 Å². The fourth-order valence-electron chi connectivity index (χ4n) is 1.96. The molecule has 5 heteroatoms. The lowest BCUT2D eigenvalue weighted by Crippen LogP contribution is -2.09. The van der Waals surface area contributed by atoms with Crippen molar-refractivity contribution in [3.8, 4) is 0 Å². The van der Waals surface area contributed by atoms with E-state index in [0.717, 1.165) is 31.5 Å². The van der Waals surface area contributed by atoms with E-state index in [-0.39, 0.29) is 0 Å². The third-order valence-corrected chi connectivity index (χ3v) is 3.66. The molecule has 2 aromatic rings. The first-order valence-electron chi connectivity index (χ1n) is 6.68. The summed E-state index contributed by atoms with van der Waals surface area (Å²) < 4.78 is 0. The number of carboxylic acids is 1. The summed E-state index contributed by atoms with van der Waals surface area (Å²) in [6.45, 7) is 2.80. The van der Waals surface area contributed by atoms with Crippen molar-refractivity contribution in [3.63, 3.8) is 0 Å². The van der Waals surface area contributed by atoms with Gasteiger partial charge in [0.1, 0.15) is 5.82 Å². The number of anilines is 1. The van der Waals surface area contributed by atoms with Crippen molar-refractivity contribution in [2.75, 3.05) is 11.9 Å². The van der Waals surface area contributed by atoms with E-state index in [0.29, 0.717) is 11.4 Å². The summed E-state index contributed by atoms with van der Waals surface area (Å²) in [6.07, 6.45) is 2.65. The number of nitrogens with zero attached hydrogens (tertiary/aromatic N) is 1. The smallest absolute Gasteiger partial charge is 0.335 e. The largest absolute Gasteiger partial charge is 0.478 e. The Balaban J connectivity index is 2.03. The Bertz CT molecular complexity index is 567. The summed E-state index contributed by atoms with van der Waals surface area (Å²) in [5.74, 6) is -0.269. The van der Waals surface area contributed by atoms with E-state index in [1.54, 1.807) is 23.5 Å². The fourth-order valence-corrected chi connectivity index (χ4v) is 2.66. The zero-order valence-corrected chi connectivity index (χ0v) is 12.2. The Morgan fingerprint density at radius 1 is 1.40 bits per heavy atom. The predicted molar refractivity (Wildman–Crippen MR) is 81.7 cm³/mol. The minimum Gasteiger partial charge on any atom is -0.478 e. The third-order valence-electron chi connectivity index (χ3n) is 2.93. The minimum atomic E-state index is -0.911. The van der Waals surface area contributed by atoms with Crippen LogP contribution in [0.1, 0.15) is 35.0 Å². The van der Waals surface area contributed by atoms with Gasteiger partial charge >= 0.3 is 5.97 Å². The van der Waals surface area contributed by atoms with Crippen molar-refractivity contribution in [3.05, 3.63) is 45.8 Å². The van der Waals surface area contributed by atoms with E-state index in [1.807, 2.05) is 0 Å². The predicted octanol–water partition coefficient (Wildman–Crippen LogP) is 3.45. The quantitative estimate of drug-likeness (QED) is 0.820. The van der Waals surface area contributed by atoms with Crippen molar-refractivity contribution >= 4 is 23.1 Å². The van der Waals surface area contributed by atoms with Crippen molar-refractivity contribution in [2.24, 2.45) is 0 Å². The van der Waals surface area contributed by atoms with Gasteiger partial charge in [0.25, 0.3) is 0 Å². The normalized spacial score (nSPS) is 10.4. The maximum absolute atomic E-state index is 11.1. The maximum Gasteiger partial charge on any atom is 0.335 e. The highest BCUT2D eigenvalue weighted by Crippen LogP contribution is 2.13. The number of carboxylic acid groups (broad SMARTS) is 1. The Labute approximate surface area is 122 Å². The molecule has 0 saturated carbocycles. The highest BCUT2D eigenvalue weighted by Gasteiger charge is 2.08. The summed E-state index contributed by atoms with van der Waals surface area (Å²) in [5, 5.41) is 16.5. The van der Waals surface area contributed by atoms with E-state index < -0.39 is 5.97 Å². The molecule has 0 aliphatic carbocycles. The number of carbonyl (C=O) groups is 1. The first kappa shape index (κ1) is 14.5. The van der Waals surface area contributed by atoms with Gasteiger partial charge in [0, 0.05) is 12.2 Å². The Morgan fingerprint density at radius 3 is 2.90 bits per heavy atom. The standard InChI is InChI=1S/C15H18N2O2S/c1-2-3-13-8-12(15(18)19)9-14(17-13)16-6-4-11-5-7-20-10-11/h5,7-10H,2-4,6H2,1H3,(H,16,17)(H,18,19). The van der Waals surface area contributed by atoms with Gasteiger partial charge in [0.05, 0.1) is 5.56 Å². The van der Waals surface area contributed by atoms with E-state index in [9.17, 15) is 4.79 Å². The molecule has 2 rings (SSSR count). The van der Waals surface area contributed by atoms with Gasteiger partial charge in [-0.3, -0.25) is 0 Å². The Hall–Kier alpha value is -1.88. The second-order valence-electron chi connectivity index (χ2n) is 4.60. The number of aromatic nitrogens is 1. The number of thiophene rings is 1. The second-order valence-corrected chi connectivity index (χ2v) is 5.38. The monoisotopic (exact) mass is 290 g/mol.